The maximum atomic E-state index is 12.5. The molecule has 22 heavy (non-hydrogen) atoms. The van der Waals surface area contributed by atoms with Crippen LogP contribution in [0.25, 0.3) is 0 Å². The second-order valence-electron chi connectivity index (χ2n) is 5.31. The number of para-hydroxylation sites is 1. The Bertz CT molecular complexity index is 568. The Kier molecular flexibility index (Phi) is 7.28. The minimum absolute atomic E-state index is 0.0723. The zero-order valence-corrected chi connectivity index (χ0v) is 15.3. The molecule has 0 aliphatic rings. The van der Waals surface area contributed by atoms with Crippen LogP contribution in [0.5, 0.6) is 5.75 Å². The van der Waals surface area contributed by atoms with Gasteiger partial charge in [0.2, 0.25) is 0 Å². The van der Waals surface area contributed by atoms with E-state index in [1.165, 1.54) is 6.92 Å². The summed E-state index contributed by atoms with van der Waals surface area (Å²) in [6, 6.07) is 7.10. The fourth-order valence-corrected chi connectivity index (χ4v) is 3.72. The first-order chi connectivity index (χ1) is 10.3. The van der Waals surface area contributed by atoms with Crippen molar-refractivity contribution in [2.45, 2.75) is 46.7 Å². The number of nitrogens with one attached hydrogen (secondary N) is 1. The Hall–Kier alpha value is -1.65. The number of benzene rings is 1. The number of nitrogens with zero attached hydrogens (tertiary/aromatic N) is 1. The van der Waals surface area contributed by atoms with E-state index >= 15 is 0 Å². The number of ether oxygens (including phenoxy) is 1. The molecule has 6 heteroatoms. The third-order valence-corrected chi connectivity index (χ3v) is 4.06. The van der Waals surface area contributed by atoms with Gasteiger partial charge in [0, 0.05) is 0 Å². The predicted octanol–water partition coefficient (Wildman–Crippen LogP) is 2.22. The van der Waals surface area contributed by atoms with Gasteiger partial charge < -0.3 is 0 Å². The molecule has 5 nitrogen and oxygen atoms in total. The molecule has 1 N–H and O–H groups in total. The van der Waals surface area contributed by atoms with Crippen molar-refractivity contribution in [3.63, 3.8) is 0 Å². The minimum atomic E-state index is -0.495. The van der Waals surface area contributed by atoms with Gasteiger partial charge in [-0.05, 0) is 0 Å². The summed E-state index contributed by atoms with van der Waals surface area (Å²) in [5.41, 5.74) is 0.416. The molecule has 0 spiro atoms. The molecular formula is C16H22N2O3Se. The number of hydrogen-bond donors (Lipinski definition) is 1. The maximum absolute atomic E-state index is 12.5. The van der Waals surface area contributed by atoms with Gasteiger partial charge in [-0.2, -0.15) is 0 Å². The van der Waals surface area contributed by atoms with Crippen LogP contribution < -0.4 is 10.1 Å². The quantitative estimate of drug-likeness (QED) is 0.275. The second-order valence-corrected chi connectivity index (χ2v) is 7.32. The number of amidine groups is 1. The average molecular weight is 369 g/mol. The van der Waals surface area contributed by atoms with Gasteiger partial charge in [-0.15, -0.1) is 0 Å². The van der Waals surface area contributed by atoms with Gasteiger partial charge in [0.25, 0.3) is 0 Å². The molecule has 0 unspecified atom stereocenters. The summed E-state index contributed by atoms with van der Waals surface area (Å²) in [6.07, 6.45) is 0. The first kappa shape index (κ1) is 18.4. The molecule has 0 aliphatic heterocycles. The molecule has 0 radical (unpaired) electrons. The van der Waals surface area contributed by atoms with Gasteiger partial charge in [-0.25, -0.2) is 0 Å². The fourth-order valence-electron chi connectivity index (χ4n) is 1.60. The molecule has 1 aromatic carbocycles. The van der Waals surface area contributed by atoms with Crippen molar-refractivity contribution in [2.75, 3.05) is 0 Å². The molecule has 0 saturated carbocycles. The van der Waals surface area contributed by atoms with Crippen molar-refractivity contribution >= 4 is 30.3 Å². The number of carbonyl (C=O) groups excluding carboxylic acids is 2. The second kappa shape index (κ2) is 8.71. The van der Waals surface area contributed by atoms with Crippen LogP contribution in [-0.4, -0.2) is 42.4 Å². The van der Waals surface area contributed by atoms with Crippen molar-refractivity contribution in [3.8, 4) is 5.75 Å². The Balaban J connectivity index is 2.97. The van der Waals surface area contributed by atoms with Crippen molar-refractivity contribution in [2.24, 2.45) is 4.99 Å². The number of aliphatic imine (C=N–C) groups is 1. The Morgan fingerprint density at radius 3 is 2.36 bits per heavy atom. The summed E-state index contributed by atoms with van der Waals surface area (Å²) in [5.74, 6) is -0.139. The van der Waals surface area contributed by atoms with Crippen LogP contribution in [0.3, 0.4) is 0 Å². The Morgan fingerprint density at radius 1 is 1.18 bits per heavy atom. The Morgan fingerprint density at radius 2 is 1.82 bits per heavy atom. The van der Waals surface area contributed by atoms with E-state index in [4.69, 9.17) is 4.74 Å². The van der Waals surface area contributed by atoms with Gasteiger partial charge in [0.1, 0.15) is 0 Å². The molecule has 0 aromatic heterocycles. The van der Waals surface area contributed by atoms with Crippen LogP contribution in [0.4, 0.5) is 0 Å². The molecular weight excluding hydrogens is 347 g/mol. The van der Waals surface area contributed by atoms with Crippen LogP contribution in [0, 0.1) is 0 Å². The van der Waals surface area contributed by atoms with E-state index in [-0.39, 0.29) is 16.8 Å². The number of rotatable bonds is 6. The van der Waals surface area contributed by atoms with E-state index < -0.39 is 20.9 Å². The third-order valence-electron chi connectivity index (χ3n) is 2.34. The molecule has 0 saturated heterocycles. The van der Waals surface area contributed by atoms with Gasteiger partial charge in [0.15, 0.2) is 0 Å². The molecule has 120 valence electrons. The van der Waals surface area contributed by atoms with Gasteiger partial charge >= 0.3 is 137 Å². The van der Waals surface area contributed by atoms with E-state index in [1.807, 2.05) is 27.7 Å². The molecule has 1 rings (SSSR count). The summed E-state index contributed by atoms with van der Waals surface area (Å²) in [6.45, 7) is 9.26. The number of carbonyl (C=O) groups is 2. The van der Waals surface area contributed by atoms with Gasteiger partial charge in [-0.1, -0.05) is 0 Å². The van der Waals surface area contributed by atoms with Crippen molar-refractivity contribution < 1.29 is 14.3 Å². The van der Waals surface area contributed by atoms with Crippen LogP contribution in [-0.2, 0) is 4.79 Å². The van der Waals surface area contributed by atoms with Crippen LogP contribution >= 0.6 is 0 Å². The molecule has 0 heterocycles. The first-order valence-corrected chi connectivity index (χ1v) is 8.85. The number of hydrogen-bond acceptors (Lipinski definition) is 4. The van der Waals surface area contributed by atoms with Crippen molar-refractivity contribution in [3.05, 3.63) is 29.8 Å². The topological polar surface area (TPSA) is 67.8 Å². The van der Waals surface area contributed by atoms with Crippen molar-refractivity contribution in [1.82, 2.24) is 5.32 Å². The summed E-state index contributed by atoms with van der Waals surface area (Å²) in [7, 11) is 0. The third kappa shape index (κ3) is 6.41. The van der Waals surface area contributed by atoms with Gasteiger partial charge in [0.05, 0.1) is 0 Å². The molecule has 0 fully saturated rings. The van der Waals surface area contributed by atoms with E-state index in [1.54, 1.807) is 24.3 Å². The SMILES string of the molecule is CC(=O)Oc1ccccc1C(=O)[Se]C(=NC(C)C)NC(C)C. The van der Waals surface area contributed by atoms with E-state index in [0.29, 0.717) is 16.0 Å². The summed E-state index contributed by atoms with van der Waals surface area (Å²) >= 11 is -0.495. The van der Waals surface area contributed by atoms with E-state index in [9.17, 15) is 9.59 Å². The summed E-state index contributed by atoms with van der Waals surface area (Å²) in [5, 5.41) is 3.22. The normalized spacial score (nSPS) is 11.7. The molecule has 0 amide bonds. The van der Waals surface area contributed by atoms with Gasteiger partial charge in [-0.3, -0.25) is 0 Å². The van der Waals surface area contributed by atoms with Crippen LogP contribution in [0.1, 0.15) is 45.0 Å². The van der Waals surface area contributed by atoms with Crippen molar-refractivity contribution in [1.29, 1.82) is 0 Å². The molecule has 0 atom stereocenters. The zero-order chi connectivity index (χ0) is 16.7. The summed E-state index contributed by atoms with van der Waals surface area (Å²) in [4.78, 5) is 28.2. The zero-order valence-electron chi connectivity index (χ0n) is 13.5. The fraction of sp³-hybridized carbons (Fsp3) is 0.438. The molecule has 0 bridgehead atoms. The summed E-state index contributed by atoms with van der Waals surface area (Å²) < 4.78 is 5.74. The van der Waals surface area contributed by atoms with Crippen LogP contribution in [0.15, 0.2) is 29.3 Å². The first-order valence-electron chi connectivity index (χ1n) is 7.13. The standard InChI is InChI=1S/C16H22N2O3Se/c1-10(2)17-16(18-11(3)4)22-15(20)13-8-6-7-9-14(13)21-12(5)19/h6-11H,1-5H3,(H,17,18). The monoisotopic (exact) mass is 370 g/mol. The van der Waals surface area contributed by atoms with Crippen LogP contribution in [0.2, 0.25) is 0 Å². The van der Waals surface area contributed by atoms with E-state index in [2.05, 4.69) is 10.3 Å². The molecule has 1 aromatic rings. The van der Waals surface area contributed by atoms with E-state index in [0.717, 1.165) is 0 Å². The average Bonchev–Trinajstić information content (AvgIpc) is 2.36. The molecule has 0 aliphatic carbocycles. The Labute approximate surface area is 137 Å². The number of esters is 1. The predicted molar refractivity (Wildman–Crippen MR) is 88.7 cm³/mol.